The van der Waals surface area contributed by atoms with Gasteiger partial charge >= 0.3 is 24.5 Å². The summed E-state index contributed by atoms with van der Waals surface area (Å²) in [6.45, 7) is 3.49. The van der Waals surface area contributed by atoms with E-state index in [-0.39, 0.29) is 6.92 Å². The first-order chi connectivity index (χ1) is 8.63. The van der Waals surface area contributed by atoms with Crippen molar-refractivity contribution in [1.29, 1.82) is 0 Å². The van der Waals surface area contributed by atoms with E-state index in [1.165, 1.54) is 0 Å². The second-order valence-corrected chi connectivity index (χ2v) is 4.69. The molecular weight excluding hydrogens is 297 g/mol. The van der Waals surface area contributed by atoms with Gasteiger partial charge in [0.15, 0.2) is 6.61 Å². The highest BCUT2D eigenvalue weighted by Crippen LogP contribution is 2.23. The number of ether oxygens (including phenoxy) is 1. The highest BCUT2D eigenvalue weighted by Gasteiger charge is 2.34. The Bertz CT molecular complexity index is 292. The summed E-state index contributed by atoms with van der Waals surface area (Å²) in [6.07, 6.45) is -7.53. The van der Waals surface area contributed by atoms with Gasteiger partial charge in [0.2, 0.25) is 0 Å². The molecule has 20 heavy (non-hydrogen) atoms. The summed E-state index contributed by atoms with van der Waals surface area (Å²) in [5, 5.41) is 0. The van der Waals surface area contributed by atoms with Gasteiger partial charge in [-0.2, -0.15) is 13.2 Å². The maximum absolute atomic E-state index is 11.6. The average Bonchev–Trinajstić information content (AvgIpc) is 2.24. The van der Waals surface area contributed by atoms with Crippen LogP contribution in [-0.4, -0.2) is 31.1 Å². The zero-order valence-corrected chi connectivity index (χ0v) is 11.5. The van der Waals surface area contributed by atoms with E-state index in [0.717, 1.165) is 0 Å². The Balaban J connectivity index is 0. The van der Waals surface area contributed by atoms with Crippen LogP contribution in [0, 0.1) is 5.41 Å². The van der Waals surface area contributed by atoms with Crippen molar-refractivity contribution in [2.24, 2.45) is 5.41 Å². The van der Waals surface area contributed by atoms with Crippen molar-refractivity contribution in [1.82, 2.24) is 0 Å². The molecule has 0 spiro atoms. The van der Waals surface area contributed by atoms with Crippen LogP contribution in [0.2, 0.25) is 0 Å². The van der Waals surface area contributed by atoms with E-state index in [4.69, 9.17) is 0 Å². The molecule has 0 aliphatic heterocycles. The maximum Gasteiger partial charge on any atom is 0.422 e. The molecule has 0 bridgehead atoms. The van der Waals surface area contributed by atoms with Crippen molar-refractivity contribution >= 4 is 5.97 Å². The molecule has 0 aromatic rings. The quantitative estimate of drug-likeness (QED) is 0.566. The van der Waals surface area contributed by atoms with Gasteiger partial charge in [-0.15, -0.1) is 0 Å². The minimum absolute atomic E-state index is 0.178. The molecule has 0 saturated carbocycles. The van der Waals surface area contributed by atoms with Crippen LogP contribution >= 0.6 is 0 Å². The van der Waals surface area contributed by atoms with Crippen LogP contribution in [0.15, 0.2) is 0 Å². The molecule has 0 atom stereocenters. The summed E-state index contributed by atoms with van der Waals surface area (Å²) < 4.78 is 82.8. The largest absolute Gasteiger partial charge is 0.456 e. The van der Waals surface area contributed by atoms with Gasteiger partial charge in [-0.3, -0.25) is 4.79 Å². The molecule has 0 fully saturated rings. The molecule has 0 radical (unpaired) electrons. The van der Waals surface area contributed by atoms with Crippen molar-refractivity contribution in [3.63, 3.8) is 0 Å². The Morgan fingerprint density at radius 2 is 1.40 bits per heavy atom. The van der Waals surface area contributed by atoms with Gasteiger partial charge in [-0.05, 0) is 20.3 Å². The Hall–Kier alpha value is -1.02. The van der Waals surface area contributed by atoms with E-state index in [0.29, 0.717) is 6.42 Å². The van der Waals surface area contributed by atoms with E-state index < -0.39 is 36.5 Å². The smallest absolute Gasteiger partial charge is 0.422 e. The second-order valence-electron chi connectivity index (χ2n) is 4.69. The predicted octanol–water partition coefficient (Wildman–Crippen LogP) is 4.43. The number of carbonyl (C=O) groups excluding carboxylic acids is 1. The molecule has 0 heterocycles. The van der Waals surface area contributed by atoms with E-state index in [9.17, 15) is 35.5 Å². The van der Waals surface area contributed by atoms with Crippen molar-refractivity contribution in [2.75, 3.05) is 6.61 Å². The van der Waals surface area contributed by atoms with Gasteiger partial charge in [-0.1, -0.05) is 6.92 Å². The molecule has 122 valence electrons. The molecule has 0 aromatic heterocycles. The Morgan fingerprint density at radius 1 is 1.05 bits per heavy atom. The first-order valence-corrected chi connectivity index (χ1v) is 5.53. The maximum atomic E-state index is 11.6. The summed E-state index contributed by atoms with van der Waals surface area (Å²) in [7, 11) is 0. The third-order valence-electron chi connectivity index (χ3n) is 2.19. The molecule has 0 unspecified atom stereocenters. The minimum Gasteiger partial charge on any atom is -0.456 e. The first kappa shape index (κ1) is 21.3. The fourth-order valence-electron chi connectivity index (χ4n) is 0.487. The minimum atomic E-state index is -4.44. The zero-order valence-electron chi connectivity index (χ0n) is 11.5. The topological polar surface area (TPSA) is 26.3 Å². The lowest BCUT2D eigenvalue weighted by molar-refractivity contribution is -0.192. The highest BCUT2D eigenvalue weighted by molar-refractivity contribution is 5.75. The average molecular weight is 314 g/mol. The van der Waals surface area contributed by atoms with E-state index >= 15 is 0 Å². The number of halogens is 7. The standard InChI is InChI=1S/C8H13F3O2.C3H4F4/c1-4-7(2,3)6(12)13-5-8(9,10)11;1-3(6,7)2(4)5/h4-5H2,1-3H3;2H,1H3. The van der Waals surface area contributed by atoms with E-state index in [1.807, 2.05) is 0 Å². The van der Waals surface area contributed by atoms with Gasteiger partial charge < -0.3 is 4.74 Å². The Labute approximate surface area is 112 Å². The van der Waals surface area contributed by atoms with Crippen molar-refractivity contribution in [3.05, 3.63) is 0 Å². The highest BCUT2D eigenvalue weighted by atomic mass is 19.4. The number of rotatable bonds is 4. The summed E-state index contributed by atoms with van der Waals surface area (Å²) in [4.78, 5) is 11.0. The van der Waals surface area contributed by atoms with Crippen molar-refractivity contribution < 1.29 is 40.3 Å². The molecule has 2 nitrogen and oxygen atoms in total. The number of hydrogen-bond acceptors (Lipinski definition) is 2. The molecule has 0 aliphatic rings. The first-order valence-electron chi connectivity index (χ1n) is 5.53. The lowest BCUT2D eigenvalue weighted by Gasteiger charge is -2.20. The van der Waals surface area contributed by atoms with Crippen LogP contribution in [0.1, 0.15) is 34.1 Å². The summed E-state index contributed by atoms with van der Waals surface area (Å²) in [6, 6.07) is 0. The van der Waals surface area contributed by atoms with Crippen molar-refractivity contribution in [2.45, 2.75) is 52.6 Å². The van der Waals surface area contributed by atoms with Crippen LogP contribution in [0.5, 0.6) is 0 Å². The molecule has 9 heteroatoms. The summed E-state index contributed by atoms with van der Waals surface area (Å²) in [5.74, 6) is -4.65. The van der Waals surface area contributed by atoms with Crippen molar-refractivity contribution in [3.8, 4) is 0 Å². The van der Waals surface area contributed by atoms with Crippen LogP contribution in [0.4, 0.5) is 30.7 Å². The molecule has 0 N–H and O–H groups in total. The van der Waals surface area contributed by atoms with Crippen LogP contribution in [0.25, 0.3) is 0 Å². The monoisotopic (exact) mass is 314 g/mol. The molecule has 0 rings (SSSR count). The fraction of sp³-hybridized carbons (Fsp3) is 0.909. The number of esters is 1. The fourth-order valence-corrected chi connectivity index (χ4v) is 0.487. The van der Waals surface area contributed by atoms with Gasteiger partial charge in [0.25, 0.3) is 0 Å². The Kier molecular flexibility index (Phi) is 8.17. The SMILES string of the molecule is CC(F)(F)C(F)F.CCC(C)(C)C(=O)OCC(F)(F)F. The van der Waals surface area contributed by atoms with Gasteiger partial charge in [0, 0.05) is 6.92 Å². The number of hydrogen-bond donors (Lipinski definition) is 0. The van der Waals surface area contributed by atoms with Gasteiger partial charge in [-0.25, -0.2) is 17.6 Å². The Morgan fingerprint density at radius 3 is 1.60 bits per heavy atom. The predicted molar refractivity (Wildman–Crippen MR) is 57.7 cm³/mol. The van der Waals surface area contributed by atoms with Gasteiger partial charge in [0.1, 0.15) is 0 Å². The van der Waals surface area contributed by atoms with Crippen LogP contribution < -0.4 is 0 Å². The summed E-state index contributed by atoms with van der Waals surface area (Å²) in [5.41, 5.74) is -0.842. The molecular formula is C11H17F7O2. The van der Waals surface area contributed by atoms with Crippen LogP contribution in [-0.2, 0) is 9.53 Å². The normalized spacial score (nSPS) is 12.8. The molecule has 0 aliphatic carbocycles. The summed E-state index contributed by atoms with van der Waals surface area (Å²) >= 11 is 0. The third kappa shape index (κ3) is 10.9. The number of carbonyl (C=O) groups is 1. The van der Waals surface area contributed by atoms with Crippen LogP contribution in [0.3, 0.4) is 0 Å². The van der Waals surface area contributed by atoms with E-state index in [2.05, 4.69) is 4.74 Å². The lowest BCUT2D eigenvalue weighted by Crippen LogP contribution is -2.29. The zero-order chi connectivity index (χ0) is 16.8. The lowest BCUT2D eigenvalue weighted by atomic mass is 9.91. The third-order valence-corrected chi connectivity index (χ3v) is 2.19. The number of alkyl halides is 7. The van der Waals surface area contributed by atoms with Gasteiger partial charge in [0.05, 0.1) is 5.41 Å². The molecule has 0 saturated heterocycles. The second kappa shape index (κ2) is 7.68. The molecule has 0 amide bonds. The van der Waals surface area contributed by atoms with E-state index in [1.54, 1.807) is 20.8 Å². The molecule has 0 aromatic carbocycles.